The smallest absolute Gasteiger partial charge is 0.319 e. The summed E-state index contributed by atoms with van der Waals surface area (Å²) in [5, 5.41) is 14.0. The average molecular weight is 264 g/mol. The second kappa shape index (κ2) is 7.41. The molecule has 0 saturated carbocycles. The molecule has 104 valence electrons. The molecule has 19 heavy (non-hydrogen) atoms. The van der Waals surface area contributed by atoms with Gasteiger partial charge in [-0.1, -0.05) is 19.1 Å². The van der Waals surface area contributed by atoms with Gasteiger partial charge in [-0.25, -0.2) is 4.79 Å². The van der Waals surface area contributed by atoms with Crippen LogP contribution in [0.1, 0.15) is 25.3 Å². The van der Waals surface area contributed by atoms with Gasteiger partial charge in [-0.2, -0.15) is 0 Å². The van der Waals surface area contributed by atoms with E-state index in [-0.39, 0.29) is 18.4 Å². The molecule has 5 heteroatoms. The number of nitrogens with one attached hydrogen (secondary N) is 2. The number of benzene rings is 1. The maximum atomic E-state index is 11.6. The Hall–Kier alpha value is -2.04. The fourth-order valence-corrected chi connectivity index (χ4v) is 1.64. The Morgan fingerprint density at radius 3 is 2.74 bits per heavy atom. The van der Waals surface area contributed by atoms with Gasteiger partial charge in [0.1, 0.15) is 0 Å². The van der Waals surface area contributed by atoms with Crippen LogP contribution in [0.15, 0.2) is 24.3 Å². The van der Waals surface area contributed by atoms with Gasteiger partial charge in [0.15, 0.2) is 0 Å². The van der Waals surface area contributed by atoms with Crippen LogP contribution in [0, 0.1) is 12.8 Å². The van der Waals surface area contributed by atoms with Gasteiger partial charge in [-0.3, -0.25) is 4.79 Å². The van der Waals surface area contributed by atoms with Crippen molar-refractivity contribution in [1.29, 1.82) is 0 Å². The van der Waals surface area contributed by atoms with Gasteiger partial charge in [0, 0.05) is 18.7 Å². The highest BCUT2D eigenvalue weighted by Crippen LogP contribution is 2.09. The predicted molar refractivity (Wildman–Crippen MR) is 74.2 cm³/mol. The summed E-state index contributed by atoms with van der Waals surface area (Å²) in [7, 11) is 0. The monoisotopic (exact) mass is 264 g/mol. The van der Waals surface area contributed by atoms with Gasteiger partial charge in [0.05, 0.1) is 0 Å². The van der Waals surface area contributed by atoms with Crippen molar-refractivity contribution in [2.75, 3.05) is 11.9 Å². The van der Waals surface area contributed by atoms with Gasteiger partial charge in [-0.05, 0) is 37.0 Å². The molecule has 0 aromatic heterocycles. The van der Waals surface area contributed by atoms with Crippen molar-refractivity contribution in [3.8, 4) is 0 Å². The summed E-state index contributed by atoms with van der Waals surface area (Å²) in [6, 6.07) is 7.26. The van der Waals surface area contributed by atoms with Crippen LogP contribution < -0.4 is 10.6 Å². The van der Waals surface area contributed by atoms with Gasteiger partial charge in [-0.15, -0.1) is 0 Å². The standard InChI is InChI=1S/C14H20N2O3/c1-10-4-3-5-12(8-10)16-14(19)15-9-11(2)6-7-13(17)18/h3-5,8,11H,6-7,9H2,1-2H3,(H,17,18)(H2,15,16,19). The topological polar surface area (TPSA) is 78.4 Å². The van der Waals surface area contributed by atoms with Crippen LogP contribution in [0.25, 0.3) is 0 Å². The molecule has 0 heterocycles. The SMILES string of the molecule is Cc1cccc(NC(=O)NCC(C)CCC(=O)O)c1. The van der Waals surface area contributed by atoms with E-state index < -0.39 is 5.97 Å². The number of carboxylic acid groups (broad SMARTS) is 1. The third-order valence-corrected chi connectivity index (χ3v) is 2.74. The average Bonchev–Trinajstić information content (AvgIpc) is 2.34. The van der Waals surface area contributed by atoms with E-state index in [1.165, 1.54) is 0 Å². The molecule has 3 N–H and O–H groups in total. The second-order valence-corrected chi connectivity index (χ2v) is 4.74. The van der Waals surface area contributed by atoms with Gasteiger partial charge < -0.3 is 15.7 Å². The zero-order valence-corrected chi connectivity index (χ0v) is 11.3. The summed E-state index contributed by atoms with van der Waals surface area (Å²) in [4.78, 5) is 22.0. The molecule has 1 unspecified atom stereocenters. The molecule has 0 aliphatic rings. The number of carbonyl (C=O) groups excluding carboxylic acids is 1. The number of carboxylic acids is 1. The van der Waals surface area contributed by atoms with Crippen molar-refractivity contribution in [2.24, 2.45) is 5.92 Å². The molecule has 5 nitrogen and oxygen atoms in total. The first-order valence-corrected chi connectivity index (χ1v) is 6.30. The first-order chi connectivity index (χ1) is 8.97. The van der Waals surface area contributed by atoms with Crippen LogP contribution in [0.3, 0.4) is 0 Å². The van der Waals surface area contributed by atoms with Crippen LogP contribution >= 0.6 is 0 Å². The Morgan fingerprint density at radius 1 is 1.37 bits per heavy atom. The first-order valence-electron chi connectivity index (χ1n) is 6.30. The number of aliphatic carboxylic acids is 1. The molecule has 0 saturated heterocycles. The fourth-order valence-electron chi connectivity index (χ4n) is 1.64. The minimum Gasteiger partial charge on any atom is -0.481 e. The maximum absolute atomic E-state index is 11.6. The number of aryl methyl sites for hydroxylation is 1. The maximum Gasteiger partial charge on any atom is 0.319 e. The molecule has 1 aromatic carbocycles. The van der Waals surface area contributed by atoms with Crippen molar-refractivity contribution in [1.82, 2.24) is 5.32 Å². The number of rotatable bonds is 6. The lowest BCUT2D eigenvalue weighted by Gasteiger charge is -2.12. The molecule has 0 radical (unpaired) electrons. The minimum absolute atomic E-state index is 0.127. The third kappa shape index (κ3) is 6.45. The molecule has 1 aromatic rings. The van der Waals surface area contributed by atoms with Crippen molar-refractivity contribution < 1.29 is 14.7 Å². The van der Waals surface area contributed by atoms with E-state index >= 15 is 0 Å². The first kappa shape index (κ1) is 15.0. The number of amides is 2. The Kier molecular flexibility index (Phi) is 5.85. The molecule has 1 rings (SSSR count). The molecule has 0 aliphatic heterocycles. The Bertz CT molecular complexity index is 446. The Morgan fingerprint density at radius 2 is 2.11 bits per heavy atom. The molecule has 0 spiro atoms. The number of hydrogen-bond donors (Lipinski definition) is 3. The van der Waals surface area contributed by atoms with Crippen LogP contribution in [-0.2, 0) is 4.79 Å². The number of hydrogen-bond acceptors (Lipinski definition) is 2. The highest BCUT2D eigenvalue weighted by Gasteiger charge is 2.07. The van der Waals surface area contributed by atoms with Gasteiger partial charge in [0.25, 0.3) is 0 Å². The summed E-state index contributed by atoms with van der Waals surface area (Å²) in [6.45, 7) is 4.33. The predicted octanol–water partition coefficient (Wildman–Crippen LogP) is 2.62. The molecule has 0 fully saturated rings. The molecule has 0 aliphatic carbocycles. The quantitative estimate of drug-likeness (QED) is 0.739. The Balaban J connectivity index is 2.30. The lowest BCUT2D eigenvalue weighted by Crippen LogP contribution is -2.32. The summed E-state index contributed by atoms with van der Waals surface area (Å²) >= 11 is 0. The number of carbonyl (C=O) groups is 2. The molecule has 1 atom stereocenters. The summed E-state index contributed by atoms with van der Waals surface area (Å²) in [5.41, 5.74) is 1.82. The van der Waals surface area contributed by atoms with Crippen molar-refractivity contribution >= 4 is 17.7 Å². The Labute approximate surface area is 113 Å². The zero-order chi connectivity index (χ0) is 14.3. The summed E-state index contributed by atoms with van der Waals surface area (Å²) in [5.74, 6) is -0.671. The number of urea groups is 1. The second-order valence-electron chi connectivity index (χ2n) is 4.74. The highest BCUT2D eigenvalue weighted by molar-refractivity contribution is 5.89. The van der Waals surface area contributed by atoms with Crippen LogP contribution in [-0.4, -0.2) is 23.7 Å². The normalized spacial score (nSPS) is 11.7. The van der Waals surface area contributed by atoms with Crippen molar-refractivity contribution in [2.45, 2.75) is 26.7 Å². The molecule has 2 amide bonds. The van der Waals surface area contributed by atoms with Crippen LogP contribution in [0.5, 0.6) is 0 Å². The van der Waals surface area contributed by atoms with Gasteiger partial charge in [0.2, 0.25) is 0 Å². The van der Waals surface area contributed by atoms with E-state index in [0.29, 0.717) is 13.0 Å². The lowest BCUT2D eigenvalue weighted by molar-refractivity contribution is -0.137. The molecular formula is C14H20N2O3. The van der Waals surface area contributed by atoms with Crippen molar-refractivity contribution in [3.63, 3.8) is 0 Å². The van der Waals surface area contributed by atoms with E-state index in [1.807, 2.05) is 38.1 Å². The largest absolute Gasteiger partial charge is 0.481 e. The molecule has 0 bridgehead atoms. The van der Waals surface area contributed by atoms with E-state index in [2.05, 4.69) is 10.6 Å². The summed E-state index contributed by atoms with van der Waals surface area (Å²) in [6.07, 6.45) is 0.683. The van der Waals surface area contributed by atoms with Crippen molar-refractivity contribution in [3.05, 3.63) is 29.8 Å². The fraction of sp³-hybridized carbons (Fsp3) is 0.429. The van der Waals surface area contributed by atoms with E-state index in [9.17, 15) is 9.59 Å². The van der Waals surface area contributed by atoms with Gasteiger partial charge >= 0.3 is 12.0 Å². The third-order valence-electron chi connectivity index (χ3n) is 2.74. The number of anilines is 1. The van der Waals surface area contributed by atoms with Crippen LogP contribution in [0.4, 0.5) is 10.5 Å². The zero-order valence-electron chi connectivity index (χ0n) is 11.3. The molecular weight excluding hydrogens is 244 g/mol. The highest BCUT2D eigenvalue weighted by atomic mass is 16.4. The summed E-state index contributed by atoms with van der Waals surface area (Å²) < 4.78 is 0. The van der Waals surface area contributed by atoms with E-state index in [1.54, 1.807) is 0 Å². The van der Waals surface area contributed by atoms with Crippen LogP contribution in [0.2, 0.25) is 0 Å². The minimum atomic E-state index is -0.809. The lowest BCUT2D eigenvalue weighted by atomic mass is 10.1. The van der Waals surface area contributed by atoms with E-state index in [0.717, 1.165) is 11.3 Å². The van der Waals surface area contributed by atoms with E-state index in [4.69, 9.17) is 5.11 Å².